The van der Waals surface area contributed by atoms with Gasteiger partial charge in [-0.05, 0) is 48.4 Å². The molecule has 0 atom stereocenters. The third-order valence-electron chi connectivity index (χ3n) is 4.15. The maximum Gasteiger partial charge on any atom is 0.287 e. The van der Waals surface area contributed by atoms with E-state index in [1.807, 2.05) is 48.5 Å². The Hall–Kier alpha value is -3.41. The van der Waals surface area contributed by atoms with Gasteiger partial charge in [-0.1, -0.05) is 24.3 Å². The van der Waals surface area contributed by atoms with Crippen molar-refractivity contribution in [1.82, 2.24) is 5.32 Å². The number of hydrogen-bond acceptors (Lipinski definition) is 5. The van der Waals surface area contributed by atoms with E-state index in [-0.39, 0.29) is 25.1 Å². The highest BCUT2D eigenvalue weighted by Crippen LogP contribution is 2.32. The Morgan fingerprint density at radius 2 is 1.85 bits per heavy atom. The zero-order valence-corrected chi connectivity index (χ0v) is 14.6. The average Bonchev–Trinajstić information content (AvgIpc) is 3.36. The van der Waals surface area contributed by atoms with Crippen LogP contribution in [0.4, 0.5) is 0 Å². The molecule has 0 spiro atoms. The van der Waals surface area contributed by atoms with Crippen molar-refractivity contribution in [1.29, 1.82) is 0 Å². The Kier molecular flexibility index (Phi) is 4.96. The first kappa shape index (κ1) is 17.0. The molecule has 0 aliphatic carbocycles. The molecule has 3 aromatic rings. The number of benzene rings is 2. The largest absolute Gasteiger partial charge is 0.486 e. The van der Waals surface area contributed by atoms with Crippen molar-refractivity contribution in [2.75, 3.05) is 13.3 Å². The molecule has 0 fully saturated rings. The first-order valence-corrected chi connectivity index (χ1v) is 8.71. The molecule has 1 aliphatic rings. The second kappa shape index (κ2) is 7.86. The summed E-state index contributed by atoms with van der Waals surface area (Å²) >= 11 is 0. The Morgan fingerprint density at radius 1 is 1.00 bits per heavy atom. The first-order valence-electron chi connectivity index (χ1n) is 8.71. The van der Waals surface area contributed by atoms with Crippen molar-refractivity contribution >= 4 is 5.91 Å². The lowest BCUT2D eigenvalue weighted by molar-refractivity contribution is 0.0922. The summed E-state index contributed by atoms with van der Waals surface area (Å²) in [7, 11) is 0. The number of furan rings is 1. The van der Waals surface area contributed by atoms with Gasteiger partial charge >= 0.3 is 0 Å². The standard InChI is InChI=1S/C21H19NO5/c23-21(22-11-10-15-6-8-18-20(12-15)26-14-25-18)19-9-7-17(27-19)13-24-16-4-2-1-3-5-16/h1-9,12H,10-11,13-14H2,(H,22,23). The molecule has 1 aromatic heterocycles. The normalized spacial score (nSPS) is 12.0. The molecule has 138 valence electrons. The molecule has 1 aliphatic heterocycles. The molecule has 6 nitrogen and oxygen atoms in total. The molecule has 27 heavy (non-hydrogen) atoms. The highest BCUT2D eigenvalue weighted by atomic mass is 16.7. The minimum Gasteiger partial charge on any atom is -0.486 e. The Labute approximate surface area is 156 Å². The zero-order valence-electron chi connectivity index (χ0n) is 14.6. The van der Waals surface area contributed by atoms with Gasteiger partial charge in [0.2, 0.25) is 6.79 Å². The SMILES string of the molecule is O=C(NCCc1ccc2c(c1)OCO2)c1ccc(COc2ccccc2)o1. The summed E-state index contributed by atoms with van der Waals surface area (Å²) in [6, 6.07) is 18.6. The van der Waals surface area contributed by atoms with Crippen LogP contribution in [0.5, 0.6) is 17.2 Å². The van der Waals surface area contributed by atoms with Crippen LogP contribution in [0.2, 0.25) is 0 Å². The summed E-state index contributed by atoms with van der Waals surface area (Å²) in [5, 5.41) is 2.86. The highest BCUT2D eigenvalue weighted by Gasteiger charge is 2.14. The lowest BCUT2D eigenvalue weighted by Crippen LogP contribution is -2.25. The van der Waals surface area contributed by atoms with E-state index in [9.17, 15) is 4.79 Å². The van der Waals surface area contributed by atoms with E-state index in [1.54, 1.807) is 12.1 Å². The number of para-hydroxylation sites is 1. The predicted octanol–water partition coefficient (Wildman–Crippen LogP) is 3.56. The third-order valence-corrected chi connectivity index (χ3v) is 4.15. The van der Waals surface area contributed by atoms with Crippen molar-refractivity contribution in [3.63, 3.8) is 0 Å². The van der Waals surface area contributed by atoms with Gasteiger partial charge in [0.05, 0.1) is 0 Å². The van der Waals surface area contributed by atoms with Crippen LogP contribution in [0.15, 0.2) is 65.1 Å². The zero-order chi connectivity index (χ0) is 18.5. The topological polar surface area (TPSA) is 69.9 Å². The van der Waals surface area contributed by atoms with E-state index in [0.717, 1.165) is 22.8 Å². The summed E-state index contributed by atoms with van der Waals surface area (Å²) in [6.45, 7) is 1.02. The average molecular weight is 365 g/mol. The number of nitrogens with one attached hydrogen (secondary N) is 1. The van der Waals surface area contributed by atoms with Crippen molar-refractivity contribution in [3.05, 3.63) is 77.7 Å². The summed E-state index contributed by atoms with van der Waals surface area (Å²) < 4.78 is 21.8. The third kappa shape index (κ3) is 4.23. The maximum atomic E-state index is 12.2. The van der Waals surface area contributed by atoms with Gasteiger partial charge in [0.15, 0.2) is 17.3 Å². The smallest absolute Gasteiger partial charge is 0.287 e. The lowest BCUT2D eigenvalue weighted by Gasteiger charge is -2.05. The quantitative estimate of drug-likeness (QED) is 0.693. The van der Waals surface area contributed by atoms with E-state index < -0.39 is 0 Å². The van der Waals surface area contributed by atoms with Crippen molar-refractivity contribution in [3.8, 4) is 17.2 Å². The molecule has 2 heterocycles. The Morgan fingerprint density at radius 3 is 2.74 bits per heavy atom. The minimum absolute atomic E-state index is 0.248. The first-order chi connectivity index (χ1) is 13.3. The van der Waals surface area contributed by atoms with Crippen LogP contribution >= 0.6 is 0 Å². The molecule has 1 N–H and O–H groups in total. The van der Waals surface area contributed by atoms with Gasteiger partial charge in [0.1, 0.15) is 18.1 Å². The molecule has 0 radical (unpaired) electrons. The van der Waals surface area contributed by atoms with Crippen LogP contribution < -0.4 is 19.5 Å². The molecule has 0 unspecified atom stereocenters. The van der Waals surface area contributed by atoms with Crippen LogP contribution in [-0.4, -0.2) is 19.2 Å². The van der Waals surface area contributed by atoms with Gasteiger partial charge in [-0.25, -0.2) is 0 Å². The number of hydrogen-bond donors (Lipinski definition) is 1. The summed E-state index contributed by atoms with van der Waals surface area (Å²) in [5.74, 6) is 2.87. The van der Waals surface area contributed by atoms with Gasteiger partial charge in [-0.15, -0.1) is 0 Å². The van der Waals surface area contributed by atoms with Gasteiger partial charge in [0.25, 0.3) is 5.91 Å². The molecule has 0 bridgehead atoms. The number of carbonyl (C=O) groups is 1. The molecular weight excluding hydrogens is 346 g/mol. The monoisotopic (exact) mass is 365 g/mol. The van der Waals surface area contributed by atoms with Crippen LogP contribution in [-0.2, 0) is 13.0 Å². The van der Waals surface area contributed by atoms with Crippen LogP contribution in [0.3, 0.4) is 0 Å². The number of fused-ring (bicyclic) bond motifs is 1. The van der Waals surface area contributed by atoms with Gasteiger partial charge < -0.3 is 23.9 Å². The van der Waals surface area contributed by atoms with E-state index in [1.165, 1.54) is 0 Å². The fourth-order valence-corrected chi connectivity index (χ4v) is 2.75. The molecule has 2 aromatic carbocycles. The number of rotatable bonds is 7. The van der Waals surface area contributed by atoms with E-state index in [0.29, 0.717) is 18.7 Å². The second-order valence-corrected chi connectivity index (χ2v) is 6.06. The van der Waals surface area contributed by atoms with E-state index >= 15 is 0 Å². The number of amides is 1. The lowest BCUT2D eigenvalue weighted by atomic mass is 10.1. The fraction of sp³-hybridized carbons (Fsp3) is 0.190. The molecule has 4 rings (SSSR count). The van der Waals surface area contributed by atoms with Gasteiger partial charge in [-0.2, -0.15) is 0 Å². The number of carbonyl (C=O) groups excluding carboxylic acids is 1. The van der Waals surface area contributed by atoms with Crippen molar-refractivity contribution in [2.24, 2.45) is 0 Å². The maximum absolute atomic E-state index is 12.2. The molecule has 0 saturated carbocycles. The van der Waals surface area contributed by atoms with Crippen LogP contribution in [0.25, 0.3) is 0 Å². The summed E-state index contributed by atoms with van der Waals surface area (Å²) in [6.07, 6.45) is 0.688. The Balaban J connectivity index is 1.25. The molecule has 1 amide bonds. The van der Waals surface area contributed by atoms with Gasteiger partial charge in [0, 0.05) is 6.54 Å². The van der Waals surface area contributed by atoms with Gasteiger partial charge in [-0.3, -0.25) is 4.79 Å². The highest BCUT2D eigenvalue weighted by molar-refractivity contribution is 5.91. The van der Waals surface area contributed by atoms with E-state index in [4.69, 9.17) is 18.6 Å². The predicted molar refractivity (Wildman–Crippen MR) is 98.1 cm³/mol. The van der Waals surface area contributed by atoms with Crippen LogP contribution in [0.1, 0.15) is 21.9 Å². The molecule has 0 saturated heterocycles. The van der Waals surface area contributed by atoms with E-state index in [2.05, 4.69) is 5.32 Å². The van der Waals surface area contributed by atoms with Crippen LogP contribution in [0, 0.1) is 0 Å². The molecule has 6 heteroatoms. The second-order valence-electron chi connectivity index (χ2n) is 6.06. The fourth-order valence-electron chi connectivity index (χ4n) is 2.75. The van der Waals surface area contributed by atoms with Crippen molar-refractivity contribution in [2.45, 2.75) is 13.0 Å². The van der Waals surface area contributed by atoms with Crippen molar-refractivity contribution < 1.29 is 23.4 Å². The minimum atomic E-state index is -0.248. The summed E-state index contributed by atoms with van der Waals surface area (Å²) in [5.41, 5.74) is 1.07. The summed E-state index contributed by atoms with van der Waals surface area (Å²) in [4.78, 5) is 12.2. The number of ether oxygens (including phenoxy) is 3. The Bertz CT molecular complexity index is 919. The molecular formula is C21H19NO5.